The zero-order valence-corrected chi connectivity index (χ0v) is 16.0. The highest BCUT2D eigenvalue weighted by Crippen LogP contribution is 2.48. The summed E-state index contributed by atoms with van der Waals surface area (Å²) < 4.78 is 24.4. The number of rotatable bonds is 6. The van der Waals surface area contributed by atoms with Crippen LogP contribution in [-0.4, -0.2) is 30.6 Å². The van der Waals surface area contributed by atoms with Gasteiger partial charge >= 0.3 is 6.09 Å². The molecule has 0 atom stereocenters. The molecule has 1 aromatic carbocycles. The number of hydrogen-bond donors (Lipinski definition) is 1. The number of carbonyl (C=O) groups is 1. The number of ether oxygens (including phenoxy) is 2. The number of amides is 1. The van der Waals surface area contributed by atoms with Crippen molar-refractivity contribution in [3.05, 3.63) is 43.0 Å². The highest BCUT2D eigenvalue weighted by Gasteiger charge is 2.31. The average Bonchev–Trinajstić information content (AvgIpc) is 2.95. The fraction of sp³-hybridized carbons (Fsp3) is 0.421. The quantitative estimate of drug-likeness (QED) is 0.604. The zero-order chi connectivity index (χ0) is 18.7. The van der Waals surface area contributed by atoms with E-state index in [-0.39, 0.29) is 0 Å². The Balaban J connectivity index is 2.38. The van der Waals surface area contributed by atoms with Crippen LogP contribution in [0, 0.1) is 0 Å². The third-order valence-electron chi connectivity index (χ3n) is 3.76. The summed E-state index contributed by atoms with van der Waals surface area (Å²) in [7, 11) is -2.66. The fourth-order valence-corrected chi connectivity index (χ4v) is 5.29. The molecule has 1 heterocycles. The lowest BCUT2D eigenvalue weighted by molar-refractivity contribution is 0.0635. The molecule has 1 aromatic rings. The normalized spacial score (nSPS) is 13.6. The first-order valence-electron chi connectivity index (χ1n) is 8.29. The second kappa shape index (κ2) is 7.49. The van der Waals surface area contributed by atoms with Gasteiger partial charge in [0.1, 0.15) is 18.5 Å². The number of fused-ring (bicyclic) bond motifs is 1. The van der Waals surface area contributed by atoms with E-state index in [4.69, 9.17) is 9.47 Å². The van der Waals surface area contributed by atoms with Crippen molar-refractivity contribution in [1.82, 2.24) is 0 Å². The Bertz CT molecular complexity index is 720. The highest BCUT2D eigenvalue weighted by molar-refractivity contribution is 7.72. The molecule has 6 heteroatoms. The van der Waals surface area contributed by atoms with Gasteiger partial charge in [-0.05, 0) is 32.9 Å². The smallest absolute Gasteiger partial charge is 0.412 e. The molecule has 0 aliphatic carbocycles. The minimum absolute atomic E-state index is 0.407. The van der Waals surface area contributed by atoms with Crippen molar-refractivity contribution in [2.75, 3.05) is 24.2 Å². The van der Waals surface area contributed by atoms with Crippen LogP contribution < -0.4 is 15.4 Å². The lowest BCUT2D eigenvalue weighted by Crippen LogP contribution is -2.27. The van der Waals surface area contributed by atoms with E-state index >= 15 is 0 Å². The third-order valence-corrected chi connectivity index (χ3v) is 6.75. The topological polar surface area (TPSA) is 64.6 Å². The molecule has 2 rings (SSSR count). The molecule has 0 saturated heterocycles. The van der Waals surface area contributed by atoms with E-state index in [0.29, 0.717) is 36.8 Å². The molecule has 5 nitrogen and oxygen atoms in total. The summed E-state index contributed by atoms with van der Waals surface area (Å²) in [6, 6.07) is 3.54. The molecule has 0 aromatic heterocycles. The number of nitrogens with one attached hydrogen (secondary N) is 1. The summed E-state index contributed by atoms with van der Waals surface area (Å²) >= 11 is 0. The van der Waals surface area contributed by atoms with Crippen LogP contribution in [0.5, 0.6) is 5.75 Å². The molecule has 1 amide bonds. The van der Waals surface area contributed by atoms with Crippen molar-refractivity contribution in [1.29, 1.82) is 0 Å². The number of carbonyl (C=O) groups excluding carboxylic acids is 1. The molecule has 1 aliphatic rings. The van der Waals surface area contributed by atoms with Gasteiger partial charge in [0.15, 0.2) is 0 Å². The standard InChI is InChI=1S/C19H26NO4P/c1-6-12-25(22,13-7-2)16-9-8-15(17-14(16)10-11-23-17)20-18(21)24-19(3,4)5/h6-9H,1-2,10-13H2,3-5H3,(H,20,21). The van der Waals surface area contributed by atoms with Crippen molar-refractivity contribution in [2.24, 2.45) is 0 Å². The monoisotopic (exact) mass is 363 g/mol. The summed E-state index contributed by atoms with van der Waals surface area (Å²) in [6.07, 6.45) is 4.29. The Labute approximate surface area is 149 Å². The van der Waals surface area contributed by atoms with Crippen molar-refractivity contribution < 1.29 is 18.8 Å². The minimum Gasteiger partial charge on any atom is -0.491 e. The molecule has 136 valence electrons. The van der Waals surface area contributed by atoms with Crippen LogP contribution in [0.2, 0.25) is 0 Å². The van der Waals surface area contributed by atoms with E-state index in [9.17, 15) is 9.36 Å². The molecule has 0 radical (unpaired) electrons. The van der Waals surface area contributed by atoms with E-state index in [0.717, 1.165) is 10.9 Å². The fourth-order valence-electron chi connectivity index (χ4n) is 2.86. The van der Waals surface area contributed by atoms with Gasteiger partial charge in [0.2, 0.25) is 0 Å². The number of benzene rings is 1. The molecule has 0 fully saturated rings. The molecule has 0 unspecified atom stereocenters. The van der Waals surface area contributed by atoms with Gasteiger partial charge in [-0.1, -0.05) is 12.2 Å². The van der Waals surface area contributed by atoms with E-state index in [1.807, 2.05) is 6.07 Å². The molecule has 1 aliphatic heterocycles. The zero-order valence-electron chi connectivity index (χ0n) is 15.1. The van der Waals surface area contributed by atoms with Crippen LogP contribution in [0.25, 0.3) is 0 Å². The van der Waals surface area contributed by atoms with Crippen LogP contribution in [0.1, 0.15) is 26.3 Å². The predicted octanol–water partition coefficient (Wildman–Crippen LogP) is 4.33. The first-order chi connectivity index (χ1) is 11.7. The van der Waals surface area contributed by atoms with E-state index in [1.54, 1.807) is 39.0 Å². The van der Waals surface area contributed by atoms with Gasteiger partial charge in [-0.15, -0.1) is 13.2 Å². The van der Waals surface area contributed by atoms with Crippen LogP contribution in [0.4, 0.5) is 10.5 Å². The second-order valence-corrected chi connectivity index (χ2v) is 9.99. The van der Waals surface area contributed by atoms with E-state index in [2.05, 4.69) is 18.5 Å². The van der Waals surface area contributed by atoms with E-state index in [1.165, 1.54) is 0 Å². The SMILES string of the molecule is C=CCP(=O)(CC=C)c1ccc(NC(=O)OC(C)(C)C)c2c1CCO2. The molecule has 0 bridgehead atoms. The maximum absolute atomic E-state index is 13.4. The summed E-state index contributed by atoms with van der Waals surface area (Å²) in [5.41, 5.74) is 0.840. The van der Waals surface area contributed by atoms with Crippen molar-refractivity contribution in [3.63, 3.8) is 0 Å². The van der Waals surface area contributed by atoms with Crippen LogP contribution >= 0.6 is 7.14 Å². The van der Waals surface area contributed by atoms with Gasteiger partial charge in [0.05, 0.1) is 12.3 Å². The van der Waals surface area contributed by atoms with Gasteiger partial charge < -0.3 is 14.0 Å². The Morgan fingerprint density at radius 1 is 1.32 bits per heavy atom. The number of hydrogen-bond acceptors (Lipinski definition) is 4. The molecular formula is C19H26NO4P. The lowest BCUT2D eigenvalue weighted by atomic mass is 10.1. The molecular weight excluding hydrogens is 337 g/mol. The predicted molar refractivity (Wildman–Crippen MR) is 103 cm³/mol. The van der Waals surface area contributed by atoms with Gasteiger partial charge in [-0.3, -0.25) is 5.32 Å². The van der Waals surface area contributed by atoms with Gasteiger partial charge in [0, 0.05) is 29.6 Å². The first kappa shape index (κ1) is 19.3. The molecule has 1 N–H and O–H groups in total. The molecule has 25 heavy (non-hydrogen) atoms. The van der Waals surface area contributed by atoms with Gasteiger partial charge in [0.25, 0.3) is 0 Å². The number of anilines is 1. The number of allylic oxidation sites excluding steroid dienone is 2. The Morgan fingerprint density at radius 3 is 2.52 bits per heavy atom. The van der Waals surface area contributed by atoms with Crippen LogP contribution in [-0.2, 0) is 15.7 Å². The summed E-state index contributed by atoms with van der Waals surface area (Å²) in [5.74, 6) is 0.580. The Kier molecular flexibility index (Phi) is 5.79. The van der Waals surface area contributed by atoms with Crippen molar-refractivity contribution >= 4 is 24.2 Å². The Hall–Kier alpha value is -2.00. The second-order valence-electron chi connectivity index (χ2n) is 7.00. The first-order valence-corrected chi connectivity index (χ1v) is 10.4. The lowest BCUT2D eigenvalue weighted by Gasteiger charge is -2.22. The highest BCUT2D eigenvalue weighted by atomic mass is 31.2. The Morgan fingerprint density at radius 2 is 1.96 bits per heavy atom. The molecule has 0 spiro atoms. The third kappa shape index (κ3) is 4.55. The van der Waals surface area contributed by atoms with Crippen LogP contribution in [0.3, 0.4) is 0 Å². The largest absolute Gasteiger partial charge is 0.491 e. The van der Waals surface area contributed by atoms with Crippen LogP contribution in [0.15, 0.2) is 37.4 Å². The summed E-state index contributed by atoms with van der Waals surface area (Å²) in [6.45, 7) is 13.4. The van der Waals surface area contributed by atoms with Gasteiger partial charge in [-0.25, -0.2) is 4.79 Å². The van der Waals surface area contributed by atoms with Gasteiger partial charge in [-0.2, -0.15) is 0 Å². The summed E-state index contributed by atoms with van der Waals surface area (Å²) in [5, 5.41) is 3.51. The van der Waals surface area contributed by atoms with Crippen molar-refractivity contribution in [2.45, 2.75) is 32.8 Å². The maximum atomic E-state index is 13.4. The van der Waals surface area contributed by atoms with Crippen molar-refractivity contribution in [3.8, 4) is 5.75 Å². The average molecular weight is 363 g/mol. The minimum atomic E-state index is -2.66. The maximum Gasteiger partial charge on any atom is 0.412 e. The van der Waals surface area contributed by atoms with E-state index < -0.39 is 18.8 Å². The molecule has 0 saturated carbocycles. The summed E-state index contributed by atoms with van der Waals surface area (Å²) in [4.78, 5) is 12.0.